The van der Waals surface area contributed by atoms with Crippen molar-refractivity contribution in [1.29, 1.82) is 0 Å². The SMILES string of the molecule is NC(=O)N(c1ccccc1)c1cc(C(=O)N2CCNCC2)ccc1N1CCN(Cc2ccccc2-c2ccc(Cl)cc2)CC1. The average Bonchev–Trinajstić information content (AvgIpc) is 3.06. The molecular formula is C35H37ClN6O2. The maximum atomic E-state index is 13.5. The van der Waals surface area contributed by atoms with Gasteiger partial charge in [-0.25, -0.2) is 4.79 Å². The molecule has 8 nitrogen and oxygen atoms in total. The Hall–Kier alpha value is -4.37. The number of halogens is 1. The molecule has 2 aliphatic rings. The van der Waals surface area contributed by atoms with Gasteiger partial charge < -0.3 is 20.9 Å². The summed E-state index contributed by atoms with van der Waals surface area (Å²) in [4.78, 5) is 34.5. The van der Waals surface area contributed by atoms with E-state index in [1.54, 1.807) is 0 Å². The Kier molecular flexibility index (Phi) is 9.12. The topological polar surface area (TPSA) is 85.1 Å². The first-order valence-corrected chi connectivity index (χ1v) is 15.5. The second-order valence-electron chi connectivity index (χ2n) is 11.2. The highest BCUT2D eigenvalue weighted by Gasteiger charge is 2.27. The van der Waals surface area contributed by atoms with Crippen LogP contribution < -0.4 is 20.9 Å². The van der Waals surface area contributed by atoms with Gasteiger partial charge in [0.15, 0.2) is 0 Å². The summed E-state index contributed by atoms with van der Waals surface area (Å²) in [6.07, 6.45) is 0. The van der Waals surface area contributed by atoms with Crippen LogP contribution in [0.3, 0.4) is 0 Å². The van der Waals surface area contributed by atoms with Crippen molar-refractivity contribution in [2.45, 2.75) is 6.54 Å². The molecule has 0 aromatic heterocycles. The summed E-state index contributed by atoms with van der Waals surface area (Å²) in [5.41, 5.74) is 12.3. The van der Waals surface area contributed by atoms with Gasteiger partial charge in [0.1, 0.15) is 0 Å². The van der Waals surface area contributed by atoms with Crippen LogP contribution in [0.15, 0.2) is 97.1 Å². The van der Waals surface area contributed by atoms with Crippen LogP contribution in [0.4, 0.5) is 21.9 Å². The van der Waals surface area contributed by atoms with Crippen LogP contribution in [0.1, 0.15) is 15.9 Å². The van der Waals surface area contributed by atoms with Gasteiger partial charge in [0.2, 0.25) is 0 Å². The van der Waals surface area contributed by atoms with Crippen molar-refractivity contribution < 1.29 is 9.59 Å². The molecule has 2 aliphatic heterocycles. The number of carbonyl (C=O) groups excluding carboxylic acids is 2. The van der Waals surface area contributed by atoms with Crippen LogP contribution in [0.5, 0.6) is 0 Å². The van der Waals surface area contributed by atoms with Crippen LogP contribution in [-0.4, -0.2) is 74.1 Å². The highest BCUT2D eigenvalue weighted by atomic mass is 35.5. The number of anilines is 3. The van der Waals surface area contributed by atoms with Crippen molar-refractivity contribution >= 4 is 40.6 Å². The molecule has 3 amide bonds. The van der Waals surface area contributed by atoms with Crippen molar-refractivity contribution in [1.82, 2.24) is 15.1 Å². The minimum atomic E-state index is -0.596. The Labute approximate surface area is 263 Å². The van der Waals surface area contributed by atoms with Gasteiger partial charge in [0, 0.05) is 69.5 Å². The monoisotopic (exact) mass is 608 g/mol. The standard InChI is InChI=1S/C35H37ClN6O2/c36-29-13-10-26(11-14-29)31-9-5-4-6-28(31)25-39-20-22-40(23-21-39)32-15-12-27(34(43)41-18-16-38-17-19-41)24-33(32)42(35(37)44)30-7-2-1-3-8-30/h1-15,24,38H,16-23,25H2,(H2,37,44). The third kappa shape index (κ3) is 6.58. The maximum Gasteiger partial charge on any atom is 0.323 e. The molecule has 0 aliphatic carbocycles. The third-order valence-corrected chi connectivity index (χ3v) is 8.63. The first-order valence-electron chi connectivity index (χ1n) is 15.1. The largest absolute Gasteiger partial charge is 0.367 e. The Bertz CT molecular complexity index is 1600. The van der Waals surface area contributed by atoms with Crippen molar-refractivity contribution in [2.24, 2.45) is 5.73 Å². The fourth-order valence-corrected chi connectivity index (χ4v) is 6.20. The lowest BCUT2D eigenvalue weighted by atomic mass is 9.99. The minimum absolute atomic E-state index is 0.0408. The van der Waals surface area contributed by atoms with Crippen LogP contribution in [0, 0.1) is 0 Å². The molecule has 226 valence electrons. The zero-order valence-electron chi connectivity index (χ0n) is 24.7. The number of nitrogens with zero attached hydrogens (tertiary/aromatic N) is 4. The smallest absolute Gasteiger partial charge is 0.323 e. The zero-order chi connectivity index (χ0) is 30.5. The molecule has 3 N–H and O–H groups in total. The number of carbonyl (C=O) groups is 2. The molecule has 2 fully saturated rings. The van der Waals surface area contributed by atoms with Gasteiger partial charge in [-0.05, 0) is 59.2 Å². The van der Waals surface area contributed by atoms with Crippen molar-refractivity contribution in [3.8, 4) is 11.1 Å². The molecular weight excluding hydrogens is 572 g/mol. The lowest BCUT2D eigenvalue weighted by molar-refractivity contribution is 0.0736. The summed E-state index contributed by atoms with van der Waals surface area (Å²) >= 11 is 6.14. The number of nitrogens with two attached hydrogens (primary N) is 1. The highest BCUT2D eigenvalue weighted by Crippen LogP contribution is 2.37. The summed E-state index contributed by atoms with van der Waals surface area (Å²) in [5.74, 6) is -0.0408. The number of hydrogen-bond acceptors (Lipinski definition) is 5. The molecule has 0 radical (unpaired) electrons. The summed E-state index contributed by atoms with van der Waals surface area (Å²) in [6, 6.07) is 30.9. The Morgan fingerprint density at radius 1 is 0.795 bits per heavy atom. The summed E-state index contributed by atoms with van der Waals surface area (Å²) in [7, 11) is 0. The molecule has 0 atom stereocenters. The molecule has 9 heteroatoms. The number of benzene rings is 4. The number of amides is 3. The fourth-order valence-electron chi connectivity index (χ4n) is 6.07. The second-order valence-corrected chi connectivity index (χ2v) is 11.6. The Morgan fingerprint density at radius 2 is 1.48 bits per heavy atom. The third-order valence-electron chi connectivity index (χ3n) is 8.38. The van der Waals surface area contributed by atoms with E-state index in [0.29, 0.717) is 30.0 Å². The van der Waals surface area contributed by atoms with E-state index < -0.39 is 6.03 Å². The highest BCUT2D eigenvalue weighted by molar-refractivity contribution is 6.30. The van der Waals surface area contributed by atoms with E-state index in [1.165, 1.54) is 16.0 Å². The fraction of sp³-hybridized carbons (Fsp3) is 0.257. The molecule has 2 heterocycles. The van der Waals surface area contributed by atoms with E-state index in [0.717, 1.165) is 62.1 Å². The average molecular weight is 609 g/mol. The summed E-state index contributed by atoms with van der Waals surface area (Å²) in [5, 5.41) is 4.02. The zero-order valence-corrected chi connectivity index (χ0v) is 25.4. The van der Waals surface area contributed by atoms with Crippen molar-refractivity contribution in [2.75, 3.05) is 62.2 Å². The van der Waals surface area contributed by atoms with Gasteiger partial charge in [0.25, 0.3) is 5.91 Å². The summed E-state index contributed by atoms with van der Waals surface area (Å²) < 4.78 is 0. The number of rotatable bonds is 7. The molecule has 4 aromatic rings. The second kappa shape index (κ2) is 13.5. The number of primary amides is 1. The minimum Gasteiger partial charge on any atom is -0.367 e. The first kappa shape index (κ1) is 29.7. The quantitative estimate of drug-likeness (QED) is 0.286. The van der Waals surface area contributed by atoms with Crippen LogP contribution in [0.2, 0.25) is 5.02 Å². The van der Waals surface area contributed by atoms with E-state index in [9.17, 15) is 9.59 Å². The molecule has 0 saturated carbocycles. The molecule has 0 bridgehead atoms. The Balaban J connectivity index is 1.25. The van der Waals surface area contributed by atoms with Crippen LogP contribution in [-0.2, 0) is 6.54 Å². The van der Waals surface area contributed by atoms with Gasteiger partial charge in [0.05, 0.1) is 17.1 Å². The predicted molar refractivity (Wildman–Crippen MR) is 178 cm³/mol. The molecule has 0 unspecified atom stereocenters. The van der Waals surface area contributed by atoms with Crippen molar-refractivity contribution in [3.05, 3.63) is 113 Å². The van der Waals surface area contributed by atoms with E-state index in [2.05, 4.69) is 51.5 Å². The van der Waals surface area contributed by atoms with E-state index >= 15 is 0 Å². The van der Waals surface area contributed by atoms with Gasteiger partial charge in [-0.3, -0.25) is 14.6 Å². The number of para-hydroxylation sites is 1. The Morgan fingerprint density at radius 3 is 2.18 bits per heavy atom. The first-order chi connectivity index (χ1) is 21.5. The maximum absolute atomic E-state index is 13.5. The lowest BCUT2D eigenvalue weighted by Crippen LogP contribution is -2.47. The molecule has 4 aromatic carbocycles. The normalized spacial score (nSPS) is 15.7. The lowest BCUT2D eigenvalue weighted by Gasteiger charge is -2.38. The number of hydrogen-bond donors (Lipinski definition) is 2. The number of urea groups is 1. The van der Waals surface area contributed by atoms with Crippen LogP contribution >= 0.6 is 11.6 Å². The van der Waals surface area contributed by atoms with E-state index in [4.69, 9.17) is 17.3 Å². The van der Waals surface area contributed by atoms with Gasteiger partial charge in [-0.15, -0.1) is 0 Å². The predicted octanol–water partition coefficient (Wildman–Crippen LogP) is 5.59. The van der Waals surface area contributed by atoms with E-state index in [1.807, 2.05) is 65.6 Å². The molecule has 44 heavy (non-hydrogen) atoms. The molecule has 0 spiro atoms. The molecule has 2 saturated heterocycles. The van der Waals surface area contributed by atoms with Gasteiger partial charge in [-0.2, -0.15) is 0 Å². The number of nitrogens with one attached hydrogen (secondary N) is 1. The van der Waals surface area contributed by atoms with Gasteiger partial charge in [-0.1, -0.05) is 66.2 Å². The van der Waals surface area contributed by atoms with Crippen molar-refractivity contribution in [3.63, 3.8) is 0 Å². The van der Waals surface area contributed by atoms with Gasteiger partial charge >= 0.3 is 6.03 Å². The van der Waals surface area contributed by atoms with Crippen LogP contribution in [0.25, 0.3) is 11.1 Å². The van der Waals surface area contributed by atoms with E-state index in [-0.39, 0.29) is 5.91 Å². The number of piperazine rings is 2. The summed E-state index contributed by atoms with van der Waals surface area (Å²) in [6.45, 7) is 6.88. The molecule has 6 rings (SSSR count).